The molecule has 2 amide bonds. The maximum atomic E-state index is 10.7. The van der Waals surface area contributed by atoms with Gasteiger partial charge in [-0.1, -0.05) is 0 Å². The van der Waals surface area contributed by atoms with Crippen LogP contribution in [-0.4, -0.2) is 50.1 Å². The molecule has 0 radical (unpaired) electrons. The van der Waals surface area contributed by atoms with Crippen molar-refractivity contribution in [2.75, 3.05) is 26.2 Å². The fourth-order valence-electron chi connectivity index (χ4n) is 3.24. The lowest BCUT2D eigenvalue weighted by Gasteiger charge is -2.03. The smallest absolute Gasteiger partial charge is 0.220 e. The molecule has 0 aromatic rings. The first-order valence-corrected chi connectivity index (χ1v) is 6.72. The molecule has 4 rings (SSSR count). The van der Waals surface area contributed by atoms with Gasteiger partial charge in [-0.2, -0.15) is 0 Å². The van der Waals surface area contributed by atoms with E-state index in [0.717, 1.165) is 39.0 Å². The predicted molar refractivity (Wildman–Crippen MR) is 80.3 cm³/mol. The van der Waals surface area contributed by atoms with Crippen molar-refractivity contribution < 1.29 is 9.59 Å². The number of carbonyl (C=O) groups is 2. The van der Waals surface area contributed by atoms with E-state index >= 15 is 0 Å². The molecule has 8 heteroatoms. The average Bonchev–Trinajstić information content (AvgIpc) is 2.97. The summed E-state index contributed by atoms with van der Waals surface area (Å²) in [6.45, 7) is 3.97. The van der Waals surface area contributed by atoms with Gasteiger partial charge in [-0.25, -0.2) is 0 Å². The van der Waals surface area contributed by atoms with Crippen LogP contribution in [0.2, 0.25) is 0 Å². The quantitative estimate of drug-likeness (QED) is 0.462. The molecule has 0 spiro atoms. The third kappa shape index (κ3) is 3.75. The summed E-state index contributed by atoms with van der Waals surface area (Å²) in [5, 5.41) is 12.3. The minimum atomic E-state index is 0. The van der Waals surface area contributed by atoms with Crippen molar-refractivity contribution in [2.24, 2.45) is 11.8 Å². The van der Waals surface area contributed by atoms with E-state index in [2.05, 4.69) is 21.3 Å². The standard InChI is InChI=1S/2C6H10N2O.2ClH/c2*9-6-1-4-2-7-3-5(4)8-6;;/h2*4-5,7H,1-3H2,(H,8,9);2*1H/t2*4-,5+;;/m10../s1. The SMILES string of the molecule is Cl.Cl.O=C1C[C@@H]2CNC[C@@H]2N1.O=C1C[C@H]2CNC[C@H]2N1. The van der Waals surface area contributed by atoms with Gasteiger partial charge in [0.05, 0.1) is 0 Å². The highest BCUT2D eigenvalue weighted by atomic mass is 35.5. The maximum Gasteiger partial charge on any atom is 0.220 e. The lowest BCUT2D eigenvalue weighted by Crippen LogP contribution is -2.30. The molecule has 0 aromatic carbocycles. The fourth-order valence-corrected chi connectivity index (χ4v) is 3.24. The summed E-state index contributed by atoms with van der Waals surface area (Å²) < 4.78 is 0. The van der Waals surface area contributed by atoms with Crippen LogP contribution in [0.1, 0.15) is 12.8 Å². The molecule has 0 aliphatic carbocycles. The third-order valence-corrected chi connectivity index (χ3v) is 4.27. The summed E-state index contributed by atoms with van der Waals surface area (Å²) in [6, 6.07) is 0.884. The zero-order valence-corrected chi connectivity index (χ0v) is 12.8. The number of rotatable bonds is 0. The summed E-state index contributed by atoms with van der Waals surface area (Å²) in [6.07, 6.45) is 1.47. The summed E-state index contributed by atoms with van der Waals surface area (Å²) in [5.41, 5.74) is 0. The Balaban J connectivity index is 0.000000182. The highest BCUT2D eigenvalue weighted by molar-refractivity contribution is 5.85. The molecule has 0 bridgehead atoms. The van der Waals surface area contributed by atoms with Crippen LogP contribution in [0.4, 0.5) is 0 Å². The van der Waals surface area contributed by atoms with Gasteiger partial charge in [0.15, 0.2) is 0 Å². The maximum absolute atomic E-state index is 10.7. The van der Waals surface area contributed by atoms with Crippen LogP contribution in [0.25, 0.3) is 0 Å². The molecule has 0 saturated carbocycles. The highest BCUT2D eigenvalue weighted by Gasteiger charge is 2.36. The monoisotopic (exact) mass is 324 g/mol. The number of hydrogen-bond donors (Lipinski definition) is 4. The minimum Gasteiger partial charge on any atom is -0.352 e. The van der Waals surface area contributed by atoms with Crippen molar-refractivity contribution in [3.8, 4) is 0 Å². The second kappa shape index (κ2) is 7.45. The molecular formula is C12H22Cl2N4O2. The molecule has 4 aliphatic heterocycles. The molecule has 4 N–H and O–H groups in total. The molecule has 4 fully saturated rings. The Morgan fingerprint density at radius 3 is 1.45 bits per heavy atom. The van der Waals surface area contributed by atoms with Crippen LogP contribution in [0, 0.1) is 11.8 Å². The topological polar surface area (TPSA) is 82.3 Å². The fraction of sp³-hybridized carbons (Fsp3) is 0.833. The average molecular weight is 325 g/mol. The Morgan fingerprint density at radius 2 is 1.10 bits per heavy atom. The summed E-state index contributed by atoms with van der Waals surface area (Å²) in [7, 11) is 0. The number of amides is 2. The van der Waals surface area contributed by atoms with Crippen LogP contribution in [0.3, 0.4) is 0 Å². The van der Waals surface area contributed by atoms with Gasteiger partial charge in [-0.15, -0.1) is 24.8 Å². The summed E-state index contributed by atoms with van der Waals surface area (Å²) in [5.74, 6) is 1.62. The lowest BCUT2D eigenvalue weighted by molar-refractivity contribution is -0.120. The Bertz CT molecular complexity index is 307. The van der Waals surface area contributed by atoms with Gasteiger partial charge in [0, 0.05) is 62.9 Å². The first-order valence-electron chi connectivity index (χ1n) is 6.72. The molecule has 20 heavy (non-hydrogen) atoms. The van der Waals surface area contributed by atoms with E-state index in [-0.39, 0.29) is 36.6 Å². The summed E-state index contributed by atoms with van der Waals surface area (Å²) >= 11 is 0. The van der Waals surface area contributed by atoms with Gasteiger partial charge in [0.1, 0.15) is 0 Å². The van der Waals surface area contributed by atoms with E-state index in [4.69, 9.17) is 0 Å². The molecule has 4 heterocycles. The van der Waals surface area contributed by atoms with Crippen molar-refractivity contribution in [1.82, 2.24) is 21.3 Å². The third-order valence-electron chi connectivity index (χ3n) is 4.27. The van der Waals surface area contributed by atoms with E-state index in [0.29, 0.717) is 23.9 Å². The highest BCUT2D eigenvalue weighted by Crippen LogP contribution is 2.19. The van der Waals surface area contributed by atoms with Crippen molar-refractivity contribution in [1.29, 1.82) is 0 Å². The molecule has 4 saturated heterocycles. The lowest BCUT2D eigenvalue weighted by atomic mass is 10.1. The Labute approximate surface area is 131 Å². The van der Waals surface area contributed by atoms with E-state index < -0.39 is 0 Å². The van der Waals surface area contributed by atoms with Gasteiger partial charge in [-0.05, 0) is 0 Å². The summed E-state index contributed by atoms with van der Waals surface area (Å²) in [4.78, 5) is 21.4. The Kier molecular flexibility index (Phi) is 6.51. The number of halogens is 2. The zero-order valence-electron chi connectivity index (χ0n) is 11.2. The Hall–Kier alpha value is -0.560. The van der Waals surface area contributed by atoms with E-state index in [1.54, 1.807) is 0 Å². The van der Waals surface area contributed by atoms with Crippen molar-refractivity contribution in [2.45, 2.75) is 24.9 Å². The zero-order chi connectivity index (χ0) is 12.5. The number of carbonyl (C=O) groups excluding carboxylic acids is 2. The Morgan fingerprint density at radius 1 is 0.700 bits per heavy atom. The molecular weight excluding hydrogens is 303 g/mol. The van der Waals surface area contributed by atoms with Crippen LogP contribution in [-0.2, 0) is 9.59 Å². The molecule has 4 aliphatic rings. The van der Waals surface area contributed by atoms with E-state index in [1.807, 2.05) is 0 Å². The van der Waals surface area contributed by atoms with Crippen LogP contribution >= 0.6 is 24.8 Å². The molecule has 4 atom stereocenters. The van der Waals surface area contributed by atoms with Gasteiger partial charge in [0.25, 0.3) is 0 Å². The molecule has 6 nitrogen and oxygen atoms in total. The second-order valence-corrected chi connectivity index (χ2v) is 5.59. The molecule has 116 valence electrons. The second-order valence-electron chi connectivity index (χ2n) is 5.59. The van der Waals surface area contributed by atoms with Gasteiger partial charge in [0.2, 0.25) is 11.8 Å². The molecule has 0 aromatic heterocycles. The number of hydrogen-bond acceptors (Lipinski definition) is 4. The van der Waals surface area contributed by atoms with Gasteiger partial charge < -0.3 is 21.3 Å². The van der Waals surface area contributed by atoms with Gasteiger partial charge in [-0.3, -0.25) is 9.59 Å². The number of nitrogens with one attached hydrogen (secondary N) is 4. The van der Waals surface area contributed by atoms with E-state index in [1.165, 1.54) is 0 Å². The normalized spacial score (nSPS) is 36.6. The van der Waals surface area contributed by atoms with Crippen LogP contribution < -0.4 is 21.3 Å². The number of fused-ring (bicyclic) bond motifs is 2. The van der Waals surface area contributed by atoms with Crippen LogP contribution in [0.5, 0.6) is 0 Å². The largest absolute Gasteiger partial charge is 0.352 e. The molecule has 0 unspecified atom stereocenters. The predicted octanol–water partition coefficient (Wildman–Crippen LogP) is -0.968. The van der Waals surface area contributed by atoms with Crippen molar-refractivity contribution in [3.63, 3.8) is 0 Å². The van der Waals surface area contributed by atoms with Gasteiger partial charge >= 0.3 is 0 Å². The van der Waals surface area contributed by atoms with Crippen LogP contribution in [0.15, 0.2) is 0 Å². The van der Waals surface area contributed by atoms with Crippen molar-refractivity contribution in [3.05, 3.63) is 0 Å². The first kappa shape index (κ1) is 17.5. The first-order chi connectivity index (χ1) is 8.72. The van der Waals surface area contributed by atoms with Crippen molar-refractivity contribution >= 4 is 36.6 Å². The minimum absolute atomic E-state index is 0. The van der Waals surface area contributed by atoms with E-state index in [9.17, 15) is 9.59 Å².